The van der Waals surface area contributed by atoms with Gasteiger partial charge >= 0.3 is 0 Å². The van der Waals surface area contributed by atoms with E-state index in [1.165, 1.54) is 22.5 Å². The van der Waals surface area contributed by atoms with Gasteiger partial charge in [0.2, 0.25) is 15.9 Å². The minimum absolute atomic E-state index is 0.00466. The summed E-state index contributed by atoms with van der Waals surface area (Å²) < 4.78 is 53.3. The first kappa shape index (κ1) is 27.7. The number of hydrogen-bond donors (Lipinski definition) is 0. The van der Waals surface area contributed by atoms with Crippen molar-refractivity contribution < 1.29 is 26.5 Å². The Balaban J connectivity index is 1.46. The van der Waals surface area contributed by atoms with Crippen LogP contribution in [-0.2, 0) is 21.4 Å². The zero-order chi connectivity index (χ0) is 27.3. The van der Waals surface area contributed by atoms with Gasteiger partial charge in [0.05, 0.1) is 12.8 Å². The Morgan fingerprint density at radius 1 is 1.13 bits per heavy atom. The molecule has 3 aromatic rings. The Labute approximate surface area is 222 Å². The zero-order valence-corrected chi connectivity index (χ0v) is 22.7. The molecule has 0 N–H and O–H groups in total. The van der Waals surface area contributed by atoms with Gasteiger partial charge in [-0.2, -0.15) is 4.31 Å². The normalized spacial score (nSPS) is 15.5. The highest BCUT2D eigenvalue weighted by atomic mass is 32.2. The van der Waals surface area contributed by atoms with Crippen LogP contribution < -0.4 is 0 Å². The second-order valence-corrected chi connectivity index (χ2v) is 11.5. The van der Waals surface area contributed by atoms with Crippen molar-refractivity contribution in [2.45, 2.75) is 31.2 Å². The van der Waals surface area contributed by atoms with Crippen LogP contribution in [0.25, 0.3) is 12.2 Å². The molecule has 11 heteroatoms. The van der Waals surface area contributed by atoms with Crippen LogP contribution >= 0.6 is 0 Å². The lowest BCUT2D eigenvalue weighted by Gasteiger charge is -2.33. The average Bonchev–Trinajstić information content (AvgIpc) is 3.55. The first-order chi connectivity index (χ1) is 18.2. The summed E-state index contributed by atoms with van der Waals surface area (Å²) in [7, 11) is -0.0413. The van der Waals surface area contributed by atoms with E-state index in [4.69, 9.17) is 8.94 Å². The van der Waals surface area contributed by atoms with Gasteiger partial charge < -0.3 is 18.7 Å². The minimum Gasteiger partial charge on any atom is -0.467 e. The summed E-state index contributed by atoms with van der Waals surface area (Å²) in [5.41, 5.74) is 0.530. The molecule has 0 unspecified atom stereocenters. The van der Waals surface area contributed by atoms with Crippen LogP contribution in [0.4, 0.5) is 4.39 Å². The third-order valence-electron chi connectivity index (χ3n) is 6.61. The first-order valence-corrected chi connectivity index (χ1v) is 14.0. The van der Waals surface area contributed by atoms with Gasteiger partial charge in [0, 0.05) is 37.7 Å². The quantitative estimate of drug-likeness (QED) is 0.382. The molecule has 4 rings (SSSR count). The van der Waals surface area contributed by atoms with Gasteiger partial charge in [0.1, 0.15) is 17.3 Å². The van der Waals surface area contributed by atoms with E-state index >= 15 is 0 Å². The number of halogens is 1. The van der Waals surface area contributed by atoms with E-state index in [0.717, 1.165) is 0 Å². The number of amides is 1. The Bertz CT molecular complexity index is 1360. The zero-order valence-electron chi connectivity index (χ0n) is 21.8. The number of benzene rings is 1. The maximum absolute atomic E-state index is 14.0. The number of sulfonamides is 1. The molecule has 9 nitrogen and oxygen atoms in total. The molecule has 2 aromatic heterocycles. The van der Waals surface area contributed by atoms with Crippen molar-refractivity contribution in [3.8, 4) is 0 Å². The molecule has 1 fully saturated rings. The summed E-state index contributed by atoms with van der Waals surface area (Å²) >= 11 is 0. The topological polar surface area (TPSA) is 100 Å². The average molecular weight is 545 g/mol. The maximum Gasteiger partial charge on any atom is 0.248 e. The van der Waals surface area contributed by atoms with Crippen LogP contribution in [0.2, 0.25) is 0 Å². The summed E-state index contributed by atoms with van der Waals surface area (Å²) in [5, 5.41) is 3.85. The van der Waals surface area contributed by atoms with Crippen molar-refractivity contribution in [2.75, 3.05) is 40.3 Å². The number of likely N-dealkylation sites (N-methyl/N-ethyl adjacent to an activating group) is 1. The van der Waals surface area contributed by atoms with Crippen molar-refractivity contribution in [1.82, 2.24) is 19.3 Å². The molecule has 1 aliphatic heterocycles. The van der Waals surface area contributed by atoms with Crippen LogP contribution in [-0.4, -0.2) is 73.9 Å². The van der Waals surface area contributed by atoms with Crippen molar-refractivity contribution in [3.05, 3.63) is 71.3 Å². The molecule has 1 amide bonds. The highest BCUT2D eigenvalue weighted by Gasteiger charge is 2.37. The molecular formula is C27H33FN4O5S. The summed E-state index contributed by atoms with van der Waals surface area (Å²) in [6.07, 6.45) is 5.26. The third-order valence-corrected chi connectivity index (χ3v) is 8.67. The van der Waals surface area contributed by atoms with Gasteiger partial charge in [0.25, 0.3) is 0 Å². The number of carbonyl (C=O) groups excluding carboxylic acids is 1. The maximum atomic E-state index is 14.0. The number of carbonyl (C=O) groups is 1. The molecule has 1 aromatic carbocycles. The van der Waals surface area contributed by atoms with Crippen LogP contribution in [0, 0.1) is 18.7 Å². The van der Waals surface area contributed by atoms with Crippen molar-refractivity contribution in [3.63, 3.8) is 0 Å². The first-order valence-electron chi connectivity index (χ1n) is 12.5. The standard InChI is InChI=1S/C27H33FN4O5S/c1-20-26(25(37-29-20)11-10-21-7-4-5-9-24(21)28)38(34,35)32-14-12-22(13-15-32)27(33)31(17-16-30(2)3)19-23-8-6-18-36-23/h4-11,18,22H,12-17,19H2,1-3H3. The van der Waals surface area contributed by atoms with Gasteiger partial charge in [-0.25, -0.2) is 12.8 Å². The molecule has 0 saturated carbocycles. The lowest BCUT2D eigenvalue weighted by molar-refractivity contribution is -0.137. The Kier molecular flexibility index (Phi) is 8.80. The summed E-state index contributed by atoms with van der Waals surface area (Å²) in [6, 6.07) is 9.80. The number of hydrogen-bond acceptors (Lipinski definition) is 7. The Morgan fingerprint density at radius 2 is 1.87 bits per heavy atom. The SMILES string of the molecule is Cc1noc(C=Cc2ccccc2F)c1S(=O)(=O)N1CCC(C(=O)N(CCN(C)C)Cc2ccco2)CC1. The lowest BCUT2D eigenvalue weighted by Crippen LogP contribution is -2.45. The summed E-state index contributed by atoms with van der Waals surface area (Å²) in [6.45, 7) is 3.57. The lowest BCUT2D eigenvalue weighted by atomic mass is 9.96. The molecule has 0 spiro atoms. The van der Waals surface area contributed by atoms with Gasteiger partial charge in [-0.1, -0.05) is 23.4 Å². The number of aromatic nitrogens is 1. The number of piperidine rings is 1. The monoisotopic (exact) mass is 544 g/mol. The van der Waals surface area contributed by atoms with E-state index < -0.39 is 15.8 Å². The van der Waals surface area contributed by atoms with E-state index in [1.54, 1.807) is 42.4 Å². The highest BCUT2D eigenvalue weighted by Crippen LogP contribution is 2.30. The van der Waals surface area contributed by atoms with Crippen molar-refractivity contribution >= 4 is 28.1 Å². The molecule has 0 aliphatic carbocycles. The molecule has 0 bridgehead atoms. The molecule has 0 atom stereocenters. The number of aryl methyl sites for hydroxylation is 1. The molecule has 1 aliphatic rings. The second kappa shape index (κ2) is 12.1. The van der Waals surface area contributed by atoms with Gasteiger partial charge in [-0.05, 0) is 64.2 Å². The van der Waals surface area contributed by atoms with Crippen LogP contribution in [0.1, 0.15) is 35.6 Å². The van der Waals surface area contributed by atoms with E-state index in [-0.39, 0.29) is 41.3 Å². The fourth-order valence-corrected chi connectivity index (χ4v) is 6.20. The molecule has 1 saturated heterocycles. The fraction of sp³-hybridized carbons (Fsp3) is 0.407. The van der Waals surface area contributed by atoms with Crippen LogP contribution in [0.15, 0.2) is 56.5 Å². The van der Waals surface area contributed by atoms with Crippen LogP contribution in [0.3, 0.4) is 0 Å². The summed E-state index contributed by atoms with van der Waals surface area (Å²) in [4.78, 5) is 17.2. The minimum atomic E-state index is -3.94. The molecule has 204 valence electrons. The van der Waals surface area contributed by atoms with E-state index in [0.29, 0.717) is 43.8 Å². The van der Waals surface area contributed by atoms with Gasteiger partial charge in [-0.3, -0.25) is 4.79 Å². The van der Waals surface area contributed by atoms with Gasteiger partial charge in [0.15, 0.2) is 10.7 Å². The van der Waals surface area contributed by atoms with Crippen molar-refractivity contribution in [1.29, 1.82) is 0 Å². The van der Waals surface area contributed by atoms with Crippen LogP contribution in [0.5, 0.6) is 0 Å². The largest absolute Gasteiger partial charge is 0.467 e. The smallest absolute Gasteiger partial charge is 0.248 e. The predicted octanol–water partition coefficient (Wildman–Crippen LogP) is 3.88. The third kappa shape index (κ3) is 6.40. The molecule has 3 heterocycles. The molecule has 0 radical (unpaired) electrons. The highest BCUT2D eigenvalue weighted by molar-refractivity contribution is 7.89. The Morgan fingerprint density at radius 3 is 2.53 bits per heavy atom. The van der Waals surface area contributed by atoms with E-state index in [9.17, 15) is 17.6 Å². The van der Waals surface area contributed by atoms with E-state index in [2.05, 4.69) is 5.16 Å². The second-order valence-electron chi connectivity index (χ2n) is 9.64. The molecule has 38 heavy (non-hydrogen) atoms. The number of rotatable bonds is 10. The van der Waals surface area contributed by atoms with Crippen molar-refractivity contribution in [2.24, 2.45) is 5.92 Å². The Hall–Kier alpha value is -3.28. The number of furan rings is 1. The fourth-order valence-electron chi connectivity index (χ4n) is 4.48. The van der Waals surface area contributed by atoms with Gasteiger partial charge in [-0.15, -0.1) is 0 Å². The number of nitrogens with zero attached hydrogens (tertiary/aromatic N) is 4. The molecular weight excluding hydrogens is 511 g/mol. The van der Waals surface area contributed by atoms with E-state index in [1.807, 2.05) is 25.1 Å². The predicted molar refractivity (Wildman–Crippen MR) is 141 cm³/mol. The summed E-state index contributed by atoms with van der Waals surface area (Å²) in [5.74, 6) is 0.0219.